The van der Waals surface area contributed by atoms with Crippen molar-refractivity contribution >= 4 is 17.2 Å². The molecule has 5 nitrogen and oxygen atoms in total. The molecule has 1 saturated heterocycles. The van der Waals surface area contributed by atoms with Gasteiger partial charge in [0.05, 0.1) is 31.8 Å². The third-order valence-electron chi connectivity index (χ3n) is 4.96. The third-order valence-corrected chi connectivity index (χ3v) is 5.84. The quantitative estimate of drug-likeness (QED) is 0.825. The summed E-state index contributed by atoms with van der Waals surface area (Å²) in [5.41, 5.74) is 0. The Bertz CT molecular complexity index is 692. The van der Waals surface area contributed by atoms with E-state index in [-0.39, 0.29) is 18.1 Å². The number of rotatable bonds is 5. The van der Waals surface area contributed by atoms with Crippen LogP contribution in [0, 0.1) is 5.92 Å². The second kappa shape index (κ2) is 7.54. The molecule has 25 heavy (non-hydrogen) atoms. The van der Waals surface area contributed by atoms with Crippen LogP contribution in [0.15, 0.2) is 41.9 Å². The van der Waals surface area contributed by atoms with E-state index >= 15 is 0 Å². The number of ether oxygens (including phenoxy) is 2. The molecule has 1 aliphatic heterocycles. The van der Waals surface area contributed by atoms with Crippen molar-refractivity contribution in [3.05, 3.63) is 46.8 Å². The van der Waals surface area contributed by atoms with Crippen LogP contribution >= 0.6 is 11.3 Å². The summed E-state index contributed by atoms with van der Waals surface area (Å²) in [5.74, 6) is 1.27. The number of pyridine rings is 1. The van der Waals surface area contributed by atoms with E-state index < -0.39 is 0 Å². The monoisotopic (exact) mass is 358 g/mol. The SMILES string of the molecule is O=C(Cc1cccs1)N1CCO[C@@H]2C[C@H](COc3ccccn3)C[C@@H]21. The first-order valence-electron chi connectivity index (χ1n) is 8.77. The van der Waals surface area contributed by atoms with Crippen molar-refractivity contribution in [1.82, 2.24) is 9.88 Å². The number of carbonyl (C=O) groups is 1. The van der Waals surface area contributed by atoms with E-state index in [1.54, 1.807) is 17.5 Å². The molecule has 0 unspecified atom stereocenters. The smallest absolute Gasteiger partial charge is 0.228 e. The fourth-order valence-corrected chi connectivity index (χ4v) is 4.49. The highest BCUT2D eigenvalue weighted by molar-refractivity contribution is 7.10. The Kier molecular flexibility index (Phi) is 4.99. The lowest BCUT2D eigenvalue weighted by molar-refractivity contribution is -0.143. The molecule has 3 atom stereocenters. The molecule has 1 saturated carbocycles. The number of hydrogen-bond donors (Lipinski definition) is 0. The molecule has 3 heterocycles. The number of carbonyl (C=O) groups excluding carboxylic acids is 1. The Labute approximate surface area is 151 Å². The van der Waals surface area contributed by atoms with E-state index in [0.29, 0.717) is 38.0 Å². The molecule has 0 bridgehead atoms. The van der Waals surface area contributed by atoms with Crippen LogP contribution in [0.2, 0.25) is 0 Å². The molecule has 2 fully saturated rings. The van der Waals surface area contributed by atoms with Crippen molar-refractivity contribution in [3.8, 4) is 5.88 Å². The van der Waals surface area contributed by atoms with Crippen molar-refractivity contribution in [2.24, 2.45) is 5.92 Å². The number of nitrogens with zero attached hydrogens (tertiary/aromatic N) is 2. The van der Waals surface area contributed by atoms with Gasteiger partial charge in [0.25, 0.3) is 0 Å². The molecule has 0 spiro atoms. The third kappa shape index (κ3) is 3.85. The molecule has 0 aromatic carbocycles. The van der Waals surface area contributed by atoms with Gasteiger partial charge in [-0.1, -0.05) is 12.1 Å². The molecule has 6 heteroatoms. The molecule has 0 N–H and O–H groups in total. The zero-order valence-electron chi connectivity index (χ0n) is 14.0. The van der Waals surface area contributed by atoms with Gasteiger partial charge in [-0.3, -0.25) is 4.79 Å². The number of morpholine rings is 1. The lowest BCUT2D eigenvalue weighted by Crippen LogP contribution is -2.51. The van der Waals surface area contributed by atoms with Gasteiger partial charge in [0, 0.05) is 23.7 Å². The highest BCUT2D eigenvalue weighted by atomic mass is 32.1. The molecule has 1 aliphatic carbocycles. The Morgan fingerprint density at radius 1 is 1.32 bits per heavy atom. The summed E-state index contributed by atoms with van der Waals surface area (Å²) >= 11 is 1.64. The minimum absolute atomic E-state index is 0.137. The van der Waals surface area contributed by atoms with Crippen LogP contribution in [-0.2, 0) is 16.0 Å². The van der Waals surface area contributed by atoms with Gasteiger partial charge in [0.15, 0.2) is 0 Å². The zero-order valence-corrected chi connectivity index (χ0v) is 14.9. The number of thiophene rings is 1. The average molecular weight is 358 g/mol. The summed E-state index contributed by atoms with van der Waals surface area (Å²) in [5, 5.41) is 2.02. The Balaban J connectivity index is 1.35. The second-order valence-corrected chi connectivity index (χ2v) is 7.67. The van der Waals surface area contributed by atoms with Gasteiger partial charge < -0.3 is 14.4 Å². The lowest BCUT2D eigenvalue weighted by atomic mass is 10.1. The van der Waals surface area contributed by atoms with E-state index in [2.05, 4.69) is 4.98 Å². The standard InChI is InChI=1S/C19H22N2O3S/c22-19(12-15-4-3-9-25-15)21-7-8-23-17-11-14(10-16(17)21)13-24-18-5-1-2-6-20-18/h1-6,9,14,16-17H,7-8,10-13H2/t14-,16+,17-/m1/s1. The van der Waals surface area contributed by atoms with Crippen LogP contribution in [0.1, 0.15) is 17.7 Å². The van der Waals surface area contributed by atoms with Crippen molar-refractivity contribution in [3.63, 3.8) is 0 Å². The van der Waals surface area contributed by atoms with Crippen molar-refractivity contribution < 1.29 is 14.3 Å². The molecule has 2 aliphatic rings. The molecule has 132 valence electrons. The van der Waals surface area contributed by atoms with Crippen LogP contribution in [0.25, 0.3) is 0 Å². The number of fused-ring (bicyclic) bond motifs is 1. The van der Waals surface area contributed by atoms with Gasteiger partial charge in [0.2, 0.25) is 11.8 Å². The first kappa shape index (κ1) is 16.5. The summed E-state index contributed by atoms with van der Waals surface area (Å²) in [6, 6.07) is 9.87. The second-order valence-electron chi connectivity index (χ2n) is 6.64. The molecular weight excluding hydrogens is 336 g/mol. The predicted octanol–water partition coefficient (Wildman–Crippen LogP) is 2.77. The highest BCUT2D eigenvalue weighted by Gasteiger charge is 2.42. The van der Waals surface area contributed by atoms with Crippen molar-refractivity contribution in [2.45, 2.75) is 31.4 Å². The maximum absolute atomic E-state index is 12.7. The van der Waals surface area contributed by atoms with Crippen molar-refractivity contribution in [2.75, 3.05) is 19.8 Å². The highest BCUT2D eigenvalue weighted by Crippen LogP contribution is 2.35. The maximum Gasteiger partial charge on any atom is 0.228 e. The number of aromatic nitrogens is 1. The topological polar surface area (TPSA) is 51.7 Å². The van der Waals surface area contributed by atoms with Gasteiger partial charge in [-0.25, -0.2) is 4.98 Å². The van der Waals surface area contributed by atoms with E-state index in [1.807, 2.05) is 40.6 Å². The normalized spacial score (nSPS) is 25.6. The van der Waals surface area contributed by atoms with E-state index in [0.717, 1.165) is 17.7 Å². The van der Waals surface area contributed by atoms with Crippen LogP contribution in [0.5, 0.6) is 5.88 Å². The van der Waals surface area contributed by atoms with Gasteiger partial charge in [-0.15, -0.1) is 11.3 Å². The average Bonchev–Trinajstić information content (AvgIpc) is 3.29. The van der Waals surface area contributed by atoms with Crippen molar-refractivity contribution in [1.29, 1.82) is 0 Å². The number of amides is 1. The van der Waals surface area contributed by atoms with E-state index in [9.17, 15) is 4.79 Å². The Hall–Kier alpha value is -1.92. The predicted molar refractivity (Wildman–Crippen MR) is 95.7 cm³/mol. The molecular formula is C19H22N2O3S. The van der Waals surface area contributed by atoms with E-state index in [1.165, 1.54) is 0 Å². The fraction of sp³-hybridized carbons (Fsp3) is 0.474. The summed E-state index contributed by atoms with van der Waals surface area (Å²) in [4.78, 5) is 20.1. The Morgan fingerprint density at radius 3 is 3.08 bits per heavy atom. The molecule has 2 aromatic heterocycles. The fourth-order valence-electron chi connectivity index (χ4n) is 3.80. The van der Waals surface area contributed by atoms with Gasteiger partial charge in [0.1, 0.15) is 0 Å². The van der Waals surface area contributed by atoms with Gasteiger partial charge in [-0.05, 0) is 36.3 Å². The maximum atomic E-state index is 12.7. The largest absolute Gasteiger partial charge is 0.477 e. The molecule has 0 radical (unpaired) electrons. The molecule has 2 aromatic rings. The van der Waals surface area contributed by atoms with E-state index in [4.69, 9.17) is 9.47 Å². The molecule has 1 amide bonds. The van der Waals surface area contributed by atoms with Crippen LogP contribution in [0.3, 0.4) is 0 Å². The van der Waals surface area contributed by atoms with Crippen LogP contribution in [0.4, 0.5) is 0 Å². The first-order valence-corrected chi connectivity index (χ1v) is 9.65. The van der Waals surface area contributed by atoms with Gasteiger partial charge >= 0.3 is 0 Å². The van der Waals surface area contributed by atoms with Crippen LogP contribution < -0.4 is 4.74 Å². The minimum Gasteiger partial charge on any atom is -0.477 e. The lowest BCUT2D eigenvalue weighted by Gasteiger charge is -2.37. The summed E-state index contributed by atoms with van der Waals surface area (Å²) in [6.45, 7) is 1.95. The van der Waals surface area contributed by atoms with Crippen LogP contribution in [-0.4, -0.2) is 47.7 Å². The summed E-state index contributed by atoms with van der Waals surface area (Å²) < 4.78 is 11.7. The first-order chi connectivity index (χ1) is 12.3. The minimum atomic E-state index is 0.137. The molecule has 4 rings (SSSR count). The summed E-state index contributed by atoms with van der Waals surface area (Å²) in [7, 11) is 0. The zero-order chi connectivity index (χ0) is 17.1. The number of hydrogen-bond acceptors (Lipinski definition) is 5. The van der Waals surface area contributed by atoms with Gasteiger partial charge in [-0.2, -0.15) is 0 Å². The Morgan fingerprint density at radius 2 is 2.28 bits per heavy atom. The summed E-state index contributed by atoms with van der Waals surface area (Å²) in [6.07, 6.45) is 4.25.